The third kappa shape index (κ3) is 2.10. The molecule has 1 saturated carbocycles. The van der Waals surface area contributed by atoms with E-state index >= 15 is 0 Å². The smallest absolute Gasteiger partial charge is 0.415 e. The second-order valence-electron chi connectivity index (χ2n) is 8.36. The van der Waals surface area contributed by atoms with E-state index in [-0.39, 0.29) is 11.8 Å². The summed E-state index contributed by atoms with van der Waals surface area (Å²) in [4.78, 5) is 29.9. The zero-order chi connectivity index (χ0) is 20.6. The van der Waals surface area contributed by atoms with Crippen LogP contribution in [0, 0.1) is 23.2 Å². The zero-order valence-corrected chi connectivity index (χ0v) is 15.9. The van der Waals surface area contributed by atoms with Crippen molar-refractivity contribution in [2.45, 2.75) is 24.0 Å². The molecule has 8 heteroatoms. The molecular weight excluding hydrogens is 384 g/mol. The van der Waals surface area contributed by atoms with E-state index in [1.165, 1.54) is 4.90 Å². The van der Waals surface area contributed by atoms with E-state index in [0.29, 0.717) is 19.6 Å². The fourth-order valence-corrected chi connectivity index (χ4v) is 5.39. The number of benzene rings is 1. The number of cyclic esters (lactones) is 1. The van der Waals surface area contributed by atoms with Gasteiger partial charge in [-0.05, 0) is 35.7 Å². The van der Waals surface area contributed by atoms with Gasteiger partial charge < -0.3 is 15.2 Å². The number of carbonyl (C=O) groups excluding carboxylic acids is 2. The predicted molar refractivity (Wildman–Crippen MR) is 104 cm³/mol. The van der Waals surface area contributed by atoms with Crippen LogP contribution in [0.2, 0.25) is 0 Å². The molecule has 2 aromatic rings. The van der Waals surface area contributed by atoms with Crippen LogP contribution >= 0.6 is 0 Å². The Bertz CT molecular complexity index is 1130. The molecule has 2 N–H and O–H groups in total. The number of carbonyl (C=O) groups is 2. The average molecular weight is 402 g/mol. The van der Waals surface area contributed by atoms with E-state index < -0.39 is 29.6 Å². The number of aromatic nitrogens is 1. The normalized spacial score (nSPS) is 32.8. The fourth-order valence-electron chi connectivity index (χ4n) is 5.39. The summed E-state index contributed by atoms with van der Waals surface area (Å²) in [5.41, 5.74) is 9.29. The van der Waals surface area contributed by atoms with Crippen LogP contribution in [0.25, 0.3) is 11.1 Å². The van der Waals surface area contributed by atoms with Gasteiger partial charge in [0.05, 0.1) is 36.7 Å². The second kappa shape index (κ2) is 5.80. The summed E-state index contributed by atoms with van der Waals surface area (Å²) in [6.45, 7) is 1.25. The molecule has 8 nitrogen and oxygen atoms in total. The van der Waals surface area contributed by atoms with Crippen LogP contribution in [0.1, 0.15) is 11.3 Å². The standard InChI is InChI=1S/C22H18N4O4/c23-10-22(14-8-29-9-15(14)22)18-4-2-12(7-25-18)11-1-3-16-13(5-11)6-17-19(20(24)27)30-21(28)26(16)17/h1-5,7,14-15,17,19H,6,8-9H2,(H2,24,27)/t14-,15+,17-,19+,22+/m0/s1. The molecule has 5 atom stereocenters. The molecule has 1 aliphatic carbocycles. The van der Waals surface area contributed by atoms with Crippen molar-refractivity contribution in [3.8, 4) is 17.2 Å². The number of pyridine rings is 1. The maximum atomic E-state index is 12.2. The van der Waals surface area contributed by atoms with Crippen LogP contribution in [-0.4, -0.2) is 42.3 Å². The molecule has 0 unspecified atom stereocenters. The molecule has 2 amide bonds. The molecule has 1 aromatic carbocycles. The lowest BCUT2D eigenvalue weighted by atomic mass is 9.96. The number of nitriles is 1. The molecule has 1 aromatic heterocycles. The number of hydrogen-bond donors (Lipinski definition) is 1. The molecule has 2 saturated heterocycles. The Balaban J connectivity index is 1.30. The minimum Gasteiger partial charge on any atom is -0.433 e. The van der Waals surface area contributed by atoms with Crippen LogP contribution in [0.3, 0.4) is 0 Å². The summed E-state index contributed by atoms with van der Waals surface area (Å²) in [5.74, 6) is -0.148. The maximum absolute atomic E-state index is 12.2. The Kier molecular flexibility index (Phi) is 3.37. The van der Waals surface area contributed by atoms with E-state index in [9.17, 15) is 14.9 Å². The fraction of sp³-hybridized carbons (Fsp3) is 0.364. The van der Waals surface area contributed by atoms with Gasteiger partial charge in [-0.3, -0.25) is 14.7 Å². The van der Waals surface area contributed by atoms with Gasteiger partial charge in [-0.15, -0.1) is 0 Å². The minimum absolute atomic E-state index is 0.243. The Morgan fingerprint density at radius 3 is 2.67 bits per heavy atom. The predicted octanol–water partition coefficient (Wildman–Crippen LogP) is 1.52. The number of nitrogens with two attached hydrogens (primary N) is 1. The minimum atomic E-state index is -0.932. The summed E-state index contributed by atoms with van der Waals surface area (Å²) in [6, 6.07) is 11.8. The number of hydrogen-bond acceptors (Lipinski definition) is 6. The first-order valence-corrected chi connectivity index (χ1v) is 9.92. The SMILES string of the molecule is N#C[C@]1(c2ccc(-c3ccc4c(c3)C[C@H]3[C@H](C(N)=O)OC(=O)N43)cn2)[C@@H]2COC[C@@H]21. The van der Waals surface area contributed by atoms with Crippen LogP contribution in [-0.2, 0) is 26.1 Å². The first kappa shape index (κ1) is 17.4. The number of primary amides is 1. The van der Waals surface area contributed by atoms with Gasteiger partial charge in [0.25, 0.3) is 5.91 Å². The van der Waals surface area contributed by atoms with Crippen LogP contribution in [0.5, 0.6) is 0 Å². The van der Waals surface area contributed by atoms with Gasteiger partial charge in [0, 0.05) is 23.6 Å². The lowest BCUT2D eigenvalue weighted by Gasteiger charge is -2.14. The molecule has 0 spiro atoms. The number of nitrogens with zero attached hydrogens (tertiary/aromatic N) is 3. The van der Waals surface area contributed by atoms with Gasteiger partial charge in [0.15, 0.2) is 0 Å². The first-order chi connectivity index (χ1) is 14.5. The van der Waals surface area contributed by atoms with Gasteiger partial charge in [-0.2, -0.15) is 5.26 Å². The van der Waals surface area contributed by atoms with Crippen molar-refractivity contribution in [1.82, 2.24) is 4.98 Å². The van der Waals surface area contributed by atoms with Crippen molar-refractivity contribution in [1.29, 1.82) is 5.26 Å². The van der Waals surface area contributed by atoms with Crippen molar-refractivity contribution < 1.29 is 19.1 Å². The van der Waals surface area contributed by atoms with E-state index in [2.05, 4.69) is 11.1 Å². The van der Waals surface area contributed by atoms with Gasteiger partial charge >= 0.3 is 6.09 Å². The van der Waals surface area contributed by atoms with Crippen molar-refractivity contribution in [2.24, 2.45) is 17.6 Å². The van der Waals surface area contributed by atoms with Gasteiger partial charge in [-0.25, -0.2) is 4.79 Å². The molecular formula is C22H18N4O4. The van der Waals surface area contributed by atoms with Crippen molar-refractivity contribution in [3.63, 3.8) is 0 Å². The summed E-state index contributed by atoms with van der Waals surface area (Å²) in [7, 11) is 0. The highest BCUT2D eigenvalue weighted by molar-refractivity contribution is 5.99. The highest BCUT2D eigenvalue weighted by Gasteiger charge is 2.70. The lowest BCUT2D eigenvalue weighted by molar-refractivity contribution is -0.125. The summed E-state index contributed by atoms with van der Waals surface area (Å²) < 4.78 is 10.6. The van der Waals surface area contributed by atoms with Gasteiger partial charge in [-0.1, -0.05) is 12.1 Å². The topological polar surface area (TPSA) is 119 Å². The molecule has 6 rings (SSSR count). The van der Waals surface area contributed by atoms with E-state index in [4.69, 9.17) is 15.2 Å². The summed E-state index contributed by atoms with van der Waals surface area (Å²) in [5, 5.41) is 9.75. The van der Waals surface area contributed by atoms with Crippen molar-refractivity contribution >= 4 is 17.7 Å². The molecule has 3 fully saturated rings. The molecule has 3 aliphatic heterocycles. The monoisotopic (exact) mass is 402 g/mol. The molecule has 4 heterocycles. The van der Waals surface area contributed by atoms with Crippen molar-refractivity contribution in [3.05, 3.63) is 47.8 Å². The Morgan fingerprint density at radius 1 is 1.23 bits per heavy atom. The number of ether oxygens (including phenoxy) is 2. The van der Waals surface area contributed by atoms with Gasteiger partial charge in [0.2, 0.25) is 6.10 Å². The Labute approximate surface area is 172 Å². The first-order valence-electron chi connectivity index (χ1n) is 9.92. The van der Waals surface area contributed by atoms with Crippen LogP contribution in [0.4, 0.5) is 10.5 Å². The molecule has 30 heavy (non-hydrogen) atoms. The maximum Gasteiger partial charge on any atom is 0.415 e. The van der Waals surface area contributed by atoms with Gasteiger partial charge in [0.1, 0.15) is 5.41 Å². The van der Waals surface area contributed by atoms with E-state index in [0.717, 1.165) is 28.1 Å². The molecule has 0 radical (unpaired) electrons. The lowest BCUT2D eigenvalue weighted by Crippen LogP contribution is -2.40. The third-order valence-electron chi connectivity index (χ3n) is 7.00. The number of anilines is 1. The van der Waals surface area contributed by atoms with E-state index in [1.807, 2.05) is 30.3 Å². The Morgan fingerprint density at radius 2 is 2.00 bits per heavy atom. The third-order valence-corrected chi connectivity index (χ3v) is 7.00. The van der Waals surface area contributed by atoms with E-state index in [1.54, 1.807) is 6.20 Å². The highest BCUT2D eigenvalue weighted by atomic mass is 16.6. The average Bonchev–Trinajstić information content (AvgIpc) is 3.16. The molecule has 0 bridgehead atoms. The van der Waals surface area contributed by atoms with Crippen LogP contribution in [0.15, 0.2) is 36.5 Å². The quantitative estimate of drug-likeness (QED) is 0.832. The largest absolute Gasteiger partial charge is 0.433 e. The van der Waals surface area contributed by atoms with Crippen LogP contribution < -0.4 is 10.6 Å². The second-order valence-corrected chi connectivity index (χ2v) is 8.36. The van der Waals surface area contributed by atoms with Crippen molar-refractivity contribution in [2.75, 3.05) is 18.1 Å². The molecule has 4 aliphatic rings. The summed E-state index contributed by atoms with van der Waals surface area (Å²) >= 11 is 0. The number of rotatable bonds is 3. The zero-order valence-electron chi connectivity index (χ0n) is 15.9. The molecule has 150 valence electrons. The Hall–Kier alpha value is -3.44. The number of amides is 2. The summed E-state index contributed by atoms with van der Waals surface area (Å²) in [6.07, 6.45) is 0.830. The number of fused-ring (bicyclic) bond motifs is 4. The highest BCUT2D eigenvalue weighted by Crippen LogP contribution is 2.62.